The van der Waals surface area contributed by atoms with Gasteiger partial charge in [0.05, 0.1) is 25.5 Å². The smallest absolute Gasteiger partial charge is 0.123 e. The lowest BCUT2D eigenvalue weighted by Gasteiger charge is -2.33. The Bertz CT molecular complexity index is 624. The van der Waals surface area contributed by atoms with Crippen molar-refractivity contribution in [3.8, 4) is 10.6 Å². The van der Waals surface area contributed by atoms with Gasteiger partial charge in [-0.15, -0.1) is 11.3 Å². The molecule has 1 atom stereocenters. The highest BCUT2D eigenvalue weighted by atomic mass is 32.1. The molecular weight excluding hydrogens is 296 g/mol. The molecule has 0 unspecified atom stereocenters. The van der Waals surface area contributed by atoms with Crippen molar-refractivity contribution >= 4 is 11.3 Å². The highest BCUT2D eigenvalue weighted by Crippen LogP contribution is 2.28. The summed E-state index contributed by atoms with van der Waals surface area (Å²) in [6.45, 7) is 7.82. The van der Waals surface area contributed by atoms with Crippen molar-refractivity contribution in [1.82, 2.24) is 9.88 Å². The maximum Gasteiger partial charge on any atom is 0.123 e. The van der Waals surface area contributed by atoms with E-state index in [0.29, 0.717) is 6.04 Å². The Labute approximate surface area is 135 Å². The minimum absolute atomic E-state index is 0.00926. The van der Waals surface area contributed by atoms with E-state index in [2.05, 4.69) is 41.1 Å². The van der Waals surface area contributed by atoms with Crippen molar-refractivity contribution in [3.63, 3.8) is 0 Å². The molecule has 0 saturated carbocycles. The van der Waals surface area contributed by atoms with Crippen LogP contribution in [0.4, 0.5) is 0 Å². The van der Waals surface area contributed by atoms with Gasteiger partial charge in [0.2, 0.25) is 0 Å². The third-order valence-electron chi connectivity index (χ3n) is 4.13. The summed E-state index contributed by atoms with van der Waals surface area (Å²) in [5, 5.41) is 10.2. The minimum Gasteiger partial charge on any atom is -0.390 e. The summed E-state index contributed by atoms with van der Waals surface area (Å²) in [6.07, 6.45) is 0. The van der Waals surface area contributed by atoms with E-state index in [1.165, 1.54) is 5.56 Å². The Balaban J connectivity index is 1.71. The molecule has 4 nitrogen and oxygen atoms in total. The lowest BCUT2D eigenvalue weighted by molar-refractivity contribution is -0.00436. The molecule has 2 aromatic rings. The van der Waals surface area contributed by atoms with Crippen LogP contribution in [-0.4, -0.2) is 40.8 Å². The van der Waals surface area contributed by atoms with E-state index in [0.717, 1.165) is 47.4 Å². The van der Waals surface area contributed by atoms with E-state index in [1.807, 2.05) is 6.92 Å². The molecule has 118 valence electrons. The van der Waals surface area contributed by atoms with Gasteiger partial charge in [0.15, 0.2) is 0 Å². The van der Waals surface area contributed by atoms with Crippen LogP contribution in [0.25, 0.3) is 10.6 Å². The van der Waals surface area contributed by atoms with Crippen LogP contribution in [0.15, 0.2) is 24.3 Å². The molecular formula is C17H22N2O2S. The number of hydrogen-bond donors (Lipinski definition) is 1. The number of ether oxygens (including phenoxy) is 1. The first kappa shape index (κ1) is 15.6. The SMILES string of the molecule is Cc1sc(-c2ccc(CN3CCOC[C@@H]3C)cc2)nc1CO. The minimum atomic E-state index is 0.00926. The molecule has 0 spiro atoms. The van der Waals surface area contributed by atoms with Gasteiger partial charge in [-0.05, 0) is 19.4 Å². The number of aliphatic hydroxyl groups excluding tert-OH is 1. The fourth-order valence-electron chi connectivity index (χ4n) is 2.68. The Morgan fingerprint density at radius 1 is 1.36 bits per heavy atom. The van der Waals surface area contributed by atoms with Crippen LogP contribution < -0.4 is 0 Å². The molecule has 22 heavy (non-hydrogen) atoms. The van der Waals surface area contributed by atoms with Gasteiger partial charge in [0, 0.05) is 29.6 Å². The predicted molar refractivity (Wildman–Crippen MR) is 88.9 cm³/mol. The average molecular weight is 318 g/mol. The van der Waals surface area contributed by atoms with Gasteiger partial charge in [0.25, 0.3) is 0 Å². The van der Waals surface area contributed by atoms with Crippen molar-refractivity contribution in [2.24, 2.45) is 0 Å². The maximum atomic E-state index is 9.26. The molecule has 1 aromatic heterocycles. The van der Waals surface area contributed by atoms with Crippen LogP contribution in [0.5, 0.6) is 0 Å². The van der Waals surface area contributed by atoms with E-state index >= 15 is 0 Å². The molecule has 0 bridgehead atoms. The second-order valence-corrected chi connectivity index (χ2v) is 6.97. The fourth-order valence-corrected chi connectivity index (χ4v) is 3.61. The Morgan fingerprint density at radius 3 is 2.77 bits per heavy atom. The number of aryl methyl sites for hydroxylation is 1. The Morgan fingerprint density at radius 2 is 2.14 bits per heavy atom. The lowest BCUT2D eigenvalue weighted by atomic mass is 10.1. The first-order valence-corrected chi connectivity index (χ1v) is 8.47. The number of aliphatic hydroxyl groups is 1. The Hall–Kier alpha value is -1.27. The number of benzene rings is 1. The van der Waals surface area contributed by atoms with Crippen molar-refractivity contribution in [3.05, 3.63) is 40.4 Å². The predicted octanol–water partition coefficient (Wildman–Crippen LogP) is 2.83. The van der Waals surface area contributed by atoms with E-state index in [1.54, 1.807) is 11.3 Å². The van der Waals surface area contributed by atoms with Gasteiger partial charge >= 0.3 is 0 Å². The quantitative estimate of drug-likeness (QED) is 0.941. The number of hydrogen-bond acceptors (Lipinski definition) is 5. The molecule has 1 saturated heterocycles. The third-order valence-corrected chi connectivity index (χ3v) is 5.20. The van der Waals surface area contributed by atoms with Gasteiger partial charge < -0.3 is 9.84 Å². The number of morpholine rings is 1. The first-order valence-electron chi connectivity index (χ1n) is 7.65. The highest BCUT2D eigenvalue weighted by Gasteiger charge is 2.18. The highest BCUT2D eigenvalue weighted by molar-refractivity contribution is 7.15. The summed E-state index contributed by atoms with van der Waals surface area (Å²) in [5.74, 6) is 0. The van der Waals surface area contributed by atoms with Crippen molar-refractivity contribution in [2.45, 2.75) is 33.0 Å². The fraction of sp³-hybridized carbons (Fsp3) is 0.471. The van der Waals surface area contributed by atoms with Gasteiger partial charge in [-0.25, -0.2) is 4.98 Å². The summed E-state index contributed by atoms with van der Waals surface area (Å²) < 4.78 is 5.48. The van der Waals surface area contributed by atoms with Gasteiger partial charge in [-0.1, -0.05) is 24.3 Å². The van der Waals surface area contributed by atoms with E-state index in [9.17, 15) is 5.11 Å². The van der Waals surface area contributed by atoms with E-state index in [-0.39, 0.29) is 6.61 Å². The zero-order chi connectivity index (χ0) is 15.5. The summed E-state index contributed by atoms with van der Waals surface area (Å²) in [7, 11) is 0. The summed E-state index contributed by atoms with van der Waals surface area (Å²) in [5.41, 5.74) is 3.21. The summed E-state index contributed by atoms with van der Waals surface area (Å²) in [4.78, 5) is 8.04. The maximum absolute atomic E-state index is 9.26. The molecule has 1 aliphatic rings. The third kappa shape index (κ3) is 3.38. The molecule has 1 N–H and O–H groups in total. The second kappa shape index (κ2) is 6.87. The van der Waals surface area contributed by atoms with Crippen molar-refractivity contribution in [1.29, 1.82) is 0 Å². The van der Waals surface area contributed by atoms with E-state index in [4.69, 9.17) is 4.74 Å². The standard InChI is InChI=1S/C17H22N2O2S/c1-12-11-21-8-7-19(12)9-14-3-5-15(6-4-14)17-18-16(10-20)13(2)22-17/h3-6,12,20H,7-11H2,1-2H3/t12-/m0/s1. The molecule has 2 heterocycles. The lowest BCUT2D eigenvalue weighted by Crippen LogP contribution is -2.42. The molecule has 0 amide bonds. The Kier molecular flexibility index (Phi) is 4.88. The zero-order valence-electron chi connectivity index (χ0n) is 13.1. The topological polar surface area (TPSA) is 45.6 Å². The van der Waals surface area contributed by atoms with Crippen molar-refractivity contribution in [2.75, 3.05) is 19.8 Å². The summed E-state index contributed by atoms with van der Waals surface area (Å²) >= 11 is 1.64. The number of rotatable bonds is 4. The van der Waals surface area contributed by atoms with Crippen LogP contribution in [0.3, 0.4) is 0 Å². The number of thiazole rings is 1. The molecule has 1 fully saturated rings. The molecule has 0 radical (unpaired) electrons. The largest absolute Gasteiger partial charge is 0.390 e. The molecule has 0 aliphatic carbocycles. The molecule has 3 rings (SSSR count). The van der Waals surface area contributed by atoms with Crippen LogP contribution >= 0.6 is 11.3 Å². The monoisotopic (exact) mass is 318 g/mol. The summed E-state index contributed by atoms with van der Waals surface area (Å²) in [6, 6.07) is 9.07. The second-order valence-electron chi connectivity index (χ2n) is 5.77. The zero-order valence-corrected chi connectivity index (χ0v) is 13.9. The van der Waals surface area contributed by atoms with Crippen molar-refractivity contribution < 1.29 is 9.84 Å². The normalized spacial score (nSPS) is 19.5. The molecule has 5 heteroatoms. The van der Waals surface area contributed by atoms with Gasteiger partial charge in [-0.3, -0.25) is 4.90 Å². The van der Waals surface area contributed by atoms with Crippen LogP contribution in [0, 0.1) is 6.92 Å². The number of aromatic nitrogens is 1. The molecule has 1 aromatic carbocycles. The van der Waals surface area contributed by atoms with Crippen LogP contribution in [0.1, 0.15) is 23.1 Å². The van der Waals surface area contributed by atoms with Gasteiger partial charge in [0.1, 0.15) is 5.01 Å². The average Bonchev–Trinajstić information content (AvgIpc) is 2.91. The first-order chi connectivity index (χ1) is 10.7. The van der Waals surface area contributed by atoms with Crippen LogP contribution in [-0.2, 0) is 17.9 Å². The molecule has 1 aliphatic heterocycles. The van der Waals surface area contributed by atoms with Crippen LogP contribution in [0.2, 0.25) is 0 Å². The van der Waals surface area contributed by atoms with E-state index < -0.39 is 0 Å². The number of nitrogens with zero attached hydrogens (tertiary/aromatic N) is 2. The van der Waals surface area contributed by atoms with Gasteiger partial charge in [-0.2, -0.15) is 0 Å².